The van der Waals surface area contributed by atoms with Crippen molar-refractivity contribution in [2.45, 2.75) is 61.7 Å². The second kappa shape index (κ2) is 9.62. The Labute approximate surface area is 187 Å². The van der Waals surface area contributed by atoms with Crippen LogP contribution in [0, 0.1) is 0 Å². The van der Waals surface area contributed by atoms with E-state index in [2.05, 4.69) is 0 Å². The molecule has 9 atom stereocenters. The lowest BCUT2D eigenvalue weighted by Crippen LogP contribution is -2.62. The van der Waals surface area contributed by atoms with E-state index in [1.54, 1.807) is 35.0 Å². The Kier molecular flexibility index (Phi) is 7.00. The smallest absolute Gasteiger partial charge is 0.307 e. The molecule has 12 nitrogen and oxygen atoms in total. The largest absolute Gasteiger partial charge is 0.481 e. The summed E-state index contributed by atoms with van der Waals surface area (Å²) >= 11 is 0. The number of carbonyl (C=O) groups is 1. The lowest BCUT2D eigenvalue weighted by Gasteiger charge is -2.44. The lowest BCUT2D eigenvalue weighted by molar-refractivity contribution is -0.341. The van der Waals surface area contributed by atoms with Crippen LogP contribution in [0.3, 0.4) is 0 Å². The van der Waals surface area contributed by atoms with Crippen LogP contribution in [0.1, 0.15) is 11.8 Å². The Balaban J connectivity index is 1.69. The third kappa shape index (κ3) is 4.49. The first kappa shape index (κ1) is 24.0. The number of aliphatic carboxylic acids is 1. The van der Waals surface area contributed by atoms with E-state index >= 15 is 0 Å². The molecular weight excluding hydrogens is 442 g/mol. The summed E-state index contributed by atoms with van der Waals surface area (Å²) in [5.74, 6) is -1.04. The quantitative estimate of drug-likeness (QED) is 0.241. The van der Waals surface area contributed by atoms with Gasteiger partial charge in [-0.05, 0) is 11.6 Å². The SMILES string of the molecule is O=C(O)Cc1cn([C@@H]2OC[C@@H](O)[C@@H](O)[C@@H]2O[C@H]2O[C@H](CO)[C@@H](O)[C@H](O)[C@H]2O)c2ccccc12. The maximum Gasteiger partial charge on any atom is 0.307 e. The predicted octanol–water partition coefficient (Wildman–Crippen LogP) is -2.30. The highest BCUT2D eigenvalue weighted by Gasteiger charge is 2.49. The van der Waals surface area contributed by atoms with E-state index in [1.165, 1.54) is 0 Å². The molecule has 7 N–H and O–H groups in total. The zero-order chi connectivity index (χ0) is 23.9. The first-order valence-electron chi connectivity index (χ1n) is 10.5. The molecule has 1 aromatic carbocycles. The minimum absolute atomic E-state index is 0.249. The number of fused-ring (bicyclic) bond motifs is 1. The van der Waals surface area contributed by atoms with Gasteiger partial charge < -0.3 is 54.5 Å². The normalized spacial score (nSPS) is 37.3. The van der Waals surface area contributed by atoms with Crippen molar-refractivity contribution in [3.63, 3.8) is 0 Å². The third-order valence-corrected chi connectivity index (χ3v) is 6.03. The van der Waals surface area contributed by atoms with Crippen molar-refractivity contribution in [3.8, 4) is 0 Å². The van der Waals surface area contributed by atoms with Crippen LogP contribution in [0.25, 0.3) is 10.9 Å². The number of hydrogen-bond acceptors (Lipinski definition) is 10. The average Bonchev–Trinajstić information content (AvgIpc) is 3.14. The molecule has 12 heteroatoms. The number of rotatable bonds is 6. The van der Waals surface area contributed by atoms with Crippen molar-refractivity contribution in [2.75, 3.05) is 13.2 Å². The molecule has 2 aliphatic rings. The average molecular weight is 469 g/mol. The summed E-state index contributed by atoms with van der Waals surface area (Å²) in [7, 11) is 0. The van der Waals surface area contributed by atoms with Crippen LogP contribution in [0.15, 0.2) is 30.5 Å². The van der Waals surface area contributed by atoms with Crippen LogP contribution in [-0.2, 0) is 25.4 Å². The summed E-state index contributed by atoms with van der Waals surface area (Å²) < 4.78 is 18.4. The van der Waals surface area contributed by atoms with Gasteiger partial charge in [-0.1, -0.05) is 18.2 Å². The second-order valence-electron chi connectivity index (χ2n) is 8.23. The fraction of sp³-hybridized carbons (Fsp3) is 0.571. The van der Waals surface area contributed by atoms with Crippen LogP contribution < -0.4 is 0 Å². The van der Waals surface area contributed by atoms with Crippen molar-refractivity contribution < 1.29 is 54.8 Å². The van der Waals surface area contributed by atoms with Crippen molar-refractivity contribution in [3.05, 3.63) is 36.0 Å². The molecule has 0 radical (unpaired) electrons. The summed E-state index contributed by atoms with van der Waals surface area (Å²) in [6.07, 6.45) is -11.8. The first-order valence-corrected chi connectivity index (χ1v) is 10.5. The van der Waals surface area contributed by atoms with Crippen LogP contribution in [0.2, 0.25) is 0 Å². The molecule has 2 saturated heterocycles. The maximum atomic E-state index is 11.3. The Bertz CT molecular complexity index is 978. The molecule has 0 saturated carbocycles. The molecule has 3 heterocycles. The highest BCUT2D eigenvalue weighted by molar-refractivity contribution is 5.87. The molecule has 0 aliphatic carbocycles. The van der Waals surface area contributed by atoms with Gasteiger partial charge in [0.05, 0.1) is 25.2 Å². The molecule has 2 fully saturated rings. The monoisotopic (exact) mass is 469 g/mol. The summed E-state index contributed by atoms with van der Waals surface area (Å²) in [5, 5.41) is 70.5. The number of nitrogens with zero attached hydrogens (tertiary/aromatic N) is 1. The Hall–Kier alpha value is -2.13. The summed E-state index contributed by atoms with van der Waals surface area (Å²) in [6.45, 7) is -0.914. The molecule has 1 aromatic heterocycles. The third-order valence-electron chi connectivity index (χ3n) is 6.03. The number of carboxylic acids is 1. The second-order valence-corrected chi connectivity index (χ2v) is 8.23. The highest BCUT2D eigenvalue weighted by atomic mass is 16.7. The van der Waals surface area contributed by atoms with E-state index in [1.807, 2.05) is 0 Å². The summed E-state index contributed by atoms with van der Waals surface area (Å²) in [5.41, 5.74) is 1.08. The Morgan fingerprint density at radius 3 is 2.48 bits per heavy atom. The molecule has 0 unspecified atom stereocenters. The molecule has 33 heavy (non-hydrogen) atoms. The molecule has 0 amide bonds. The van der Waals surface area contributed by atoms with E-state index in [4.69, 9.17) is 14.2 Å². The molecule has 0 spiro atoms. The van der Waals surface area contributed by atoms with E-state index in [0.29, 0.717) is 16.5 Å². The molecule has 2 aliphatic heterocycles. The zero-order valence-electron chi connectivity index (χ0n) is 17.4. The summed E-state index contributed by atoms with van der Waals surface area (Å²) in [6, 6.07) is 6.96. The molecular formula is C21H27NO11. The fourth-order valence-corrected chi connectivity index (χ4v) is 4.29. The van der Waals surface area contributed by atoms with Gasteiger partial charge >= 0.3 is 5.97 Å². The van der Waals surface area contributed by atoms with E-state index < -0.39 is 67.8 Å². The van der Waals surface area contributed by atoms with E-state index in [-0.39, 0.29) is 13.0 Å². The van der Waals surface area contributed by atoms with Gasteiger partial charge in [0.25, 0.3) is 0 Å². The minimum Gasteiger partial charge on any atom is -0.481 e. The topological polar surface area (TPSA) is 191 Å². The van der Waals surface area contributed by atoms with Gasteiger partial charge in [0.15, 0.2) is 12.5 Å². The molecule has 0 bridgehead atoms. The Morgan fingerprint density at radius 1 is 1.06 bits per heavy atom. The van der Waals surface area contributed by atoms with Crippen LogP contribution in [-0.4, -0.2) is 109 Å². The van der Waals surface area contributed by atoms with Gasteiger partial charge in [0, 0.05) is 11.6 Å². The van der Waals surface area contributed by atoms with E-state index in [9.17, 15) is 40.5 Å². The highest BCUT2D eigenvalue weighted by Crippen LogP contribution is 2.35. The maximum absolute atomic E-state index is 11.3. The number of carboxylic acid groups (broad SMARTS) is 1. The first-order chi connectivity index (χ1) is 15.7. The number of benzene rings is 1. The van der Waals surface area contributed by atoms with Gasteiger partial charge in [-0.2, -0.15) is 0 Å². The molecule has 4 rings (SSSR count). The number of para-hydroxylation sites is 1. The van der Waals surface area contributed by atoms with Gasteiger partial charge in [-0.25, -0.2) is 0 Å². The van der Waals surface area contributed by atoms with Gasteiger partial charge in [-0.15, -0.1) is 0 Å². The fourth-order valence-electron chi connectivity index (χ4n) is 4.29. The van der Waals surface area contributed by atoms with Crippen molar-refractivity contribution >= 4 is 16.9 Å². The predicted molar refractivity (Wildman–Crippen MR) is 109 cm³/mol. The summed E-state index contributed by atoms with van der Waals surface area (Å²) in [4.78, 5) is 11.3. The van der Waals surface area contributed by atoms with Crippen molar-refractivity contribution in [1.82, 2.24) is 4.57 Å². The minimum atomic E-state index is -1.72. The van der Waals surface area contributed by atoms with E-state index in [0.717, 1.165) is 0 Å². The number of aliphatic hydroxyl groups excluding tert-OH is 6. The van der Waals surface area contributed by atoms with Gasteiger partial charge in [0.2, 0.25) is 0 Å². The molecule has 2 aromatic rings. The van der Waals surface area contributed by atoms with Crippen LogP contribution in [0.4, 0.5) is 0 Å². The van der Waals surface area contributed by atoms with Gasteiger partial charge in [0.1, 0.15) is 42.7 Å². The van der Waals surface area contributed by atoms with Crippen molar-refractivity contribution in [2.24, 2.45) is 0 Å². The van der Waals surface area contributed by atoms with Crippen LogP contribution >= 0.6 is 0 Å². The molecule has 182 valence electrons. The number of hydrogen-bond donors (Lipinski definition) is 7. The zero-order valence-corrected chi connectivity index (χ0v) is 17.4. The number of aromatic nitrogens is 1. The number of aliphatic hydroxyl groups is 6. The van der Waals surface area contributed by atoms with Crippen LogP contribution in [0.5, 0.6) is 0 Å². The number of ether oxygens (including phenoxy) is 3. The van der Waals surface area contributed by atoms with Gasteiger partial charge in [-0.3, -0.25) is 4.79 Å². The Morgan fingerprint density at radius 2 is 1.79 bits per heavy atom. The standard InChI is InChI=1S/C21H27NO11/c23-7-13-16(28)17(29)18(30)21(32-13)33-19-15(27)12(24)8-31-20(19)22-6-9(5-14(25)26)10-3-1-2-4-11(10)22/h1-4,6,12-13,15-21,23-24,27-30H,5,7-8H2,(H,25,26)/t12-,13-,15-,16-,17+,18-,19+,20-,21-/m1/s1. The van der Waals surface area contributed by atoms with Crippen molar-refractivity contribution in [1.29, 1.82) is 0 Å². The lowest BCUT2D eigenvalue weighted by atomic mass is 9.98.